The van der Waals surface area contributed by atoms with Crippen molar-refractivity contribution in [2.75, 3.05) is 45.9 Å². The first-order valence-electron chi connectivity index (χ1n) is 13.2. The molecule has 34 heavy (non-hydrogen) atoms. The van der Waals surface area contributed by atoms with Gasteiger partial charge in [0.05, 0.1) is 12.7 Å². The fourth-order valence-electron chi connectivity index (χ4n) is 5.04. The van der Waals surface area contributed by atoms with Crippen LogP contribution in [0.15, 0.2) is 24.3 Å². The normalized spacial score (nSPS) is 19.2. The van der Waals surface area contributed by atoms with Crippen LogP contribution in [0.25, 0.3) is 10.9 Å². The van der Waals surface area contributed by atoms with Crippen LogP contribution in [0.1, 0.15) is 62.9 Å². The van der Waals surface area contributed by atoms with Gasteiger partial charge in [-0.15, -0.1) is 0 Å². The van der Waals surface area contributed by atoms with E-state index < -0.39 is 0 Å². The van der Waals surface area contributed by atoms with Crippen molar-refractivity contribution in [1.29, 1.82) is 0 Å². The number of benzene rings is 1. The number of carbonyl (C=O) groups excluding carboxylic acids is 1. The number of carbonyl (C=O) groups is 1. The summed E-state index contributed by atoms with van der Waals surface area (Å²) in [5, 5.41) is 13.9. The van der Waals surface area contributed by atoms with Crippen LogP contribution in [0.3, 0.4) is 0 Å². The molecule has 4 rings (SSSR count). The summed E-state index contributed by atoms with van der Waals surface area (Å²) in [5.74, 6) is 1.49. The van der Waals surface area contributed by atoms with Crippen molar-refractivity contribution in [3.8, 4) is 5.75 Å². The lowest BCUT2D eigenvalue weighted by atomic mass is 10.0. The molecule has 0 unspecified atom stereocenters. The Hall–Kier alpha value is -2.09. The molecule has 3 N–H and O–H groups in total. The lowest BCUT2D eigenvalue weighted by Crippen LogP contribution is -2.47. The minimum absolute atomic E-state index is 0.0349. The Kier molecular flexibility index (Phi) is 8.86. The van der Waals surface area contributed by atoms with E-state index in [0.29, 0.717) is 18.2 Å². The summed E-state index contributed by atoms with van der Waals surface area (Å²) in [6.07, 6.45) is 5.83. The number of hydrogen-bond donors (Lipinski definition) is 3. The molecule has 2 aliphatic heterocycles. The third kappa shape index (κ3) is 6.96. The molecule has 1 aromatic carbocycles. The Labute approximate surface area is 203 Å². The van der Waals surface area contributed by atoms with Crippen LogP contribution in [-0.2, 0) is 0 Å². The fourth-order valence-corrected chi connectivity index (χ4v) is 5.04. The average molecular weight is 471 g/mol. The Bertz CT molecular complexity index is 912. The number of aromatic amines is 1. The Morgan fingerprint density at radius 2 is 1.79 bits per heavy atom. The Balaban J connectivity index is 1.23. The number of amides is 1. The van der Waals surface area contributed by atoms with Gasteiger partial charge in [-0.05, 0) is 62.6 Å². The Morgan fingerprint density at radius 1 is 1.12 bits per heavy atom. The van der Waals surface area contributed by atoms with E-state index >= 15 is 0 Å². The summed E-state index contributed by atoms with van der Waals surface area (Å²) >= 11 is 0. The topological polar surface area (TPSA) is 80.8 Å². The number of ether oxygens (including phenoxy) is 1. The molecule has 0 radical (unpaired) electrons. The van der Waals surface area contributed by atoms with E-state index in [1.807, 2.05) is 24.3 Å². The molecule has 188 valence electrons. The highest BCUT2D eigenvalue weighted by molar-refractivity contribution is 5.99. The van der Waals surface area contributed by atoms with Gasteiger partial charge in [-0.25, -0.2) is 0 Å². The van der Waals surface area contributed by atoms with E-state index in [1.165, 1.54) is 0 Å². The fraction of sp³-hybridized carbons (Fsp3) is 0.667. The highest BCUT2D eigenvalue weighted by Gasteiger charge is 2.23. The van der Waals surface area contributed by atoms with Crippen molar-refractivity contribution in [3.63, 3.8) is 0 Å². The highest BCUT2D eigenvalue weighted by atomic mass is 16.5. The number of nitrogens with one attached hydrogen (secondary N) is 2. The van der Waals surface area contributed by atoms with Crippen molar-refractivity contribution in [3.05, 3.63) is 30.0 Å². The molecule has 7 nitrogen and oxygen atoms in total. The van der Waals surface area contributed by atoms with Crippen LogP contribution in [-0.4, -0.2) is 83.8 Å². The molecular weight excluding hydrogens is 428 g/mol. The van der Waals surface area contributed by atoms with Crippen molar-refractivity contribution in [2.24, 2.45) is 5.92 Å². The summed E-state index contributed by atoms with van der Waals surface area (Å²) in [4.78, 5) is 21.2. The first-order valence-corrected chi connectivity index (χ1v) is 13.2. The zero-order valence-electron chi connectivity index (χ0n) is 20.9. The third-order valence-electron chi connectivity index (χ3n) is 7.26. The second-order valence-electron chi connectivity index (χ2n) is 10.4. The minimum Gasteiger partial charge on any atom is -0.493 e. The van der Waals surface area contributed by atoms with Crippen LogP contribution >= 0.6 is 0 Å². The van der Waals surface area contributed by atoms with Gasteiger partial charge in [0.1, 0.15) is 11.4 Å². The van der Waals surface area contributed by atoms with Crippen LogP contribution in [0.5, 0.6) is 5.75 Å². The SMILES string of the molecule is CC(C)CCCOc1cccc2[nH]c(C(=O)NC3CCN(CCN4CCC(O)CC4)CC3)cc12. The van der Waals surface area contributed by atoms with Gasteiger partial charge in [0.15, 0.2) is 0 Å². The maximum atomic E-state index is 12.9. The summed E-state index contributed by atoms with van der Waals surface area (Å²) in [6, 6.07) is 8.09. The van der Waals surface area contributed by atoms with Gasteiger partial charge < -0.3 is 29.9 Å². The molecule has 0 saturated carbocycles. The zero-order chi connectivity index (χ0) is 23.9. The van der Waals surface area contributed by atoms with Gasteiger partial charge in [0.25, 0.3) is 5.91 Å². The van der Waals surface area contributed by atoms with Gasteiger partial charge in [-0.3, -0.25) is 4.79 Å². The van der Waals surface area contributed by atoms with Crippen LogP contribution in [0.2, 0.25) is 0 Å². The van der Waals surface area contributed by atoms with Crippen molar-refractivity contribution in [1.82, 2.24) is 20.1 Å². The summed E-state index contributed by atoms with van der Waals surface area (Å²) in [5.41, 5.74) is 1.54. The molecule has 7 heteroatoms. The number of rotatable bonds is 10. The number of hydrogen-bond acceptors (Lipinski definition) is 5. The average Bonchev–Trinajstić information content (AvgIpc) is 3.28. The number of nitrogens with zero attached hydrogens (tertiary/aromatic N) is 2. The lowest BCUT2D eigenvalue weighted by molar-refractivity contribution is 0.0729. The second-order valence-corrected chi connectivity index (χ2v) is 10.4. The number of piperidine rings is 2. The monoisotopic (exact) mass is 470 g/mol. The van der Waals surface area contributed by atoms with E-state index in [1.54, 1.807) is 0 Å². The summed E-state index contributed by atoms with van der Waals surface area (Å²) < 4.78 is 6.02. The molecule has 1 amide bonds. The summed E-state index contributed by atoms with van der Waals surface area (Å²) in [6.45, 7) is 11.3. The number of H-pyrrole nitrogens is 1. The number of aromatic nitrogens is 1. The first-order chi connectivity index (χ1) is 16.5. The maximum Gasteiger partial charge on any atom is 0.267 e. The largest absolute Gasteiger partial charge is 0.493 e. The van der Waals surface area contributed by atoms with E-state index in [2.05, 4.69) is 33.9 Å². The smallest absolute Gasteiger partial charge is 0.267 e. The molecule has 2 saturated heterocycles. The molecule has 2 fully saturated rings. The van der Waals surface area contributed by atoms with Crippen LogP contribution in [0.4, 0.5) is 0 Å². The van der Waals surface area contributed by atoms with Gasteiger partial charge >= 0.3 is 0 Å². The van der Waals surface area contributed by atoms with E-state index in [9.17, 15) is 9.90 Å². The highest BCUT2D eigenvalue weighted by Crippen LogP contribution is 2.27. The predicted octanol–water partition coefficient (Wildman–Crippen LogP) is 3.63. The second kappa shape index (κ2) is 12.0. The number of aliphatic hydroxyl groups is 1. The molecule has 0 atom stereocenters. The molecule has 0 bridgehead atoms. The van der Waals surface area contributed by atoms with Gasteiger partial charge in [-0.2, -0.15) is 0 Å². The van der Waals surface area contributed by atoms with E-state index in [4.69, 9.17) is 4.74 Å². The van der Waals surface area contributed by atoms with Gasteiger partial charge in [0, 0.05) is 56.2 Å². The molecule has 0 aliphatic carbocycles. The predicted molar refractivity (Wildman–Crippen MR) is 136 cm³/mol. The number of fused-ring (bicyclic) bond motifs is 1. The summed E-state index contributed by atoms with van der Waals surface area (Å²) in [7, 11) is 0. The lowest BCUT2D eigenvalue weighted by Gasteiger charge is -2.35. The van der Waals surface area contributed by atoms with E-state index in [0.717, 1.165) is 94.4 Å². The van der Waals surface area contributed by atoms with Gasteiger partial charge in [-0.1, -0.05) is 19.9 Å². The maximum absolute atomic E-state index is 12.9. The van der Waals surface area contributed by atoms with Gasteiger partial charge in [0.2, 0.25) is 0 Å². The minimum atomic E-state index is -0.110. The standard InChI is InChI=1S/C27H42N4O3/c1-20(2)5-4-18-34-26-7-3-6-24-23(26)19-25(29-24)27(33)28-21-8-12-30(13-9-21)16-17-31-14-10-22(32)11-15-31/h3,6-7,19-22,29,32H,4-5,8-18H2,1-2H3,(H,28,33). The van der Waals surface area contributed by atoms with Crippen molar-refractivity contribution < 1.29 is 14.6 Å². The molecule has 3 heterocycles. The molecule has 2 aliphatic rings. The quantitative estimate of drug-likeness (QED) is 0.462. The Morgan fingerprint density at radius 3 is 2.47 bits per heavy atom. The molecular formula is C27H42N4O3. The first kappa shape index (κ1) is 25.0. The third-order valence-corrected chi connectivity index (χ3v) is 7.26. The van der Waals surface area contributed by atoms with Crippen molar-refractivity contribution in [2.45, 2.75) is 64.5 Å². The van der Waals surface area contributed by atoms with Crippen LogP contribution < -0.4 is 10.1 Å². The van der Waals surface area contributed by atoms with Crippen molar-refractivity contribution >= 4 is 16.8 Å². The molecule has 0 spiro atoms. The number of aliphatic hydroxyl groups excluding tert-OH is 1. The van der Waals surface area contributed by atoms with E-state index in [-0.39, 0.29) is 18.1 Å². The molecule has 1 aromatic heterocycles. The van der Waals surface area contributed by atoms with Crippen LogP contribution in [0, 0.1) is 5.92 Å². The number of likely N-dealkylation sites (tertiary alicyclic amines) is 2. The molecule has 2 aromatic rings. The zero-order valence-corrected chi connectivity index (χ0v) is 20.9.